The molecule has 1 saturated carbocycles. The lowest BCUT2D eigenvalue weighted by atomic mass is 9.78. The first kappa shape index (κ1) is 28.6. The number of esters is 4. The first-order chi connectivity index (χ1) is 17.5. The zero-order valence-electron chi connectivity index (χ0n) is 21.0. The Balaban J connectivity index is 1.35. The van der Waals surface area contributed by atoms with Gasteiger partial charge in [-0.25, -0.2) is 0 Å². The van der Waals surface area contributed by atoms with Gasteiger partial charge in [0, 0.05) is 0 Å². The number of ether oxygens (including phenoxy) is 5. The number of fused-ring (bicyclic) bond motifs is 1. The van der Waals surface area contributed by atoms with Gasteiger partial charge in [0.2, 0.25) is 0 Å². The van der Waals surface area contributed by atoms with Crippen molar-refractivity contribution in [1.82, 2.24) is 0 Å². The Morgan fingerprint density at radius 1 is 1.08 bits per heavy atom. The Morgan fingerprint density at radius 2 is 1.68 bits per heavy atom. The SMILES string of the molecule is CC(OC(=O)CCC(=O)OC1C2OC(=O)C3C2OC1C3C(=O)OC(C)(C)C1CCCC1)C(F)(F)S(=O)(=O)O. The molecule has 0 amide bonds. The number of carbonyl (C=O) groups is 4. The van der Waals surface area contributed by atoms with Crippen LogP contribution in [0.15, 0.2) is 0 Å². The molecule has 3 saturated heterocycles. The van der Waals surface area contributed by atoms with Crippen LogP contribution in [0.5, 0.6) is 0 Å². The third-order valence-corrected chi connectivity index (χ3v) is 8.82. The number of halogens is 2. The third kappa shape index (κ3) is 5.11. The van der Waals surface area contributed by atoms with Gasteiger partial charge in [0.1, 0.15) is 29.6 Å². The Morgan fingerprint density at radius 3 is 2.29 bits per heavy atom. The second kappa shape index (κ2) is 9.97. The van der Waals surface area contributed by atoms with Gasteiger partial charge in [-0.3, -0.25) is 23.7 Å². The van der Waals surface area contributed by atoms with E-state index in [4.69, 9.17) is 23.5 Å². The van der Waals surface area contributed by atoms with Crippen LogP contribution in [0.1, 0.15) is 59.3 Å². The smallest absolute Gasteiger partial charge is 0.405 e. The molecule has 4 fully saturated rings. The lowest BCUT2D eigenvalue weighted by Crippen LogP contribution is -2.49. The molecule has 3 aliphatic heterocycles. The summed E-state index contributed by atoms with van der Waals surface area (Å²) in [4.78, 5) is 50.0. The third-order valence-electron chi connectivity index (χ3n) is 7.81. The Kier molecular flexibility index (Phi) is 7.51. The average molecular weight is 569 g/mol. The van der Waals surface area contributed by atoms with Crippen LogP contribution < -0.4 is 0 Å². The van der Waals surface area contributed by atoms with Crippen LogP contribution in [0.4, 0.5) is 8.78 Å². The number of alkyl halides is 2. The molecule has 7 atom stereocenters. The molecule has 4 rings (SSSR count). The van der Waals surface area contributed by atoms with Gasteiger partial charge in [0.15, 0.2) is 18.3 Å². The van der Waals surface area contributed by atoms with E-state index in [1.165, 1.54) is 0 Å². The quantitative estimate of drug-likeness (QED) is 0.230. The van der Waals surface area contributed by atoms with Gasteiger partial charge in [0.25, 0.3) is 0 Å². The van der Waals surface area contributed by atoms with Gasteiger partial charge in [-0.15, -0.1) is 0 Å². The van der Waals surface area contributed by atoms with E-state index in [9.17, 15) is 36.4 Å². The molecule has 12 nitrogen and oxygen atoms in total. The minimum atomic E-state index is -5.83. The van der Waals surface area contributed by atoms with E-state index in [1.807, 2.05) is 13.8 Å². The molecule has 1 N–H and O–H groups in total. The molecule has 0 aromatic carbocycles. The van der Waals surface area contributed by atoms with E-state index >= 15 is 0 Å². The second-order valence-corrected chi connectivity index (χ2v) is 12.1. The molecule has 0 aromatic heterocycles. The monoisotopic (exact) mass is 568 g/mol. The molecule has 0 aromatic rings. The number of hydrogen-bond acceptors (Lipinski definition) is 11. The van der Waals surface area contributed by atoms with Crippen LogP contribution in [0, 0.1) is 17.8 Å². The Labute approximate surface area is 217 Å². The fourth-order valence-electron chi connectivity index (χ4n) is 5.72. The molecular formula is C23H30F2O12S. The highest BCUT2D eigenvalue weighted by atomic mass is 32.2. The fourth-order valence-corrected chi connectivity index (χ4v) is 6.19. The maximum atomic E-state index is 13.6. The van der Waals surface area contributed by atoms with E-state index in [-0.39, 0.29) is 5.92 Å². The number of carbonyl (C=O) groups excluding carboxylic acids is 4. The van der Waals surface area contributed by atoms with Crippen molar-refractivity contribution in [3.8, 4) is 0 Å². The number of hydrogen-bond donors (Lipinski definition) is 1. The summed E-state index contributed by atoms with van der Waals surface area (Å²) in [5, 5.41) is -4.75. The van der Waals surface area contributed by atoms with Crippen molar-refractivity contribution in [2.75, 3.05) is 0 Å². The molecule has 0 radical (unpaired) electrons. The highest BCUT2D eigenvalue weighted by molar-refractivity contribution is 7.86. The van der Waals surface area contributed by atoms with Crippen molar-refractivity contribution in [2.45, 2.75) is 101 Å². The summed E-state index contributed by atoms with van der Waals surface area (Å²) in [6, 6.07) is 0. The molecule has 214 valence electrons. The van der Waals surface area contributed by atoms with E-state index in [0.717, 1.165) is 25.7 Å². The minimum Gasteiger partial charge on any atom is -0.459 e. The minimum absolute atomic E-state index is 0.169. The lowest BCUT2D eigenvalue weighted by molar-refractivity contribution is -0.175. The van der Waals surface area contributed by atoms with Gasteiger partial charge < -0.3 is 23.7 Å². The Bertz CT molecular complexity index is 1100. The number of rotatable bonds is 10. The van der Waals surface area contributed by atoms with Crippen molar-refractivity contribution in [2.24, 2.45) is 17.8 Å². The summed E-state index contributed by atoms with van der Waals surface area (Å²) in [5.74, 6) is -5.44. The van der Waals surface area contributed by atoms with Gasteiger partial charge in [-0.1, -0.05) is 12.8 Å². The lowest BCUT2D eigenvalue weighted by Gasteiger charge is -2.34. The zero-order chi connectivity index (χ0) is 28.2. The van der Waals surface area contributed by atoms with Crippen LogP contribution in [-0.4, -0.2) is 78.2 Å². The van der Waals surface area contributed by atoms with Crippen molar-refractivity contribution < 1.29 is 64.6 Å². The van der Waals surface area contributed by atoms with E-state index in [2.05, 4.69) is 4.74 Å². The van der Waals surface area contributed by atoms with E-state index in [0.29, 0.717) is 6.92 Å². The van der Waals surface area contributed by atoms with Crippen molar-refractivity contribution >= 4 is 34.0 Å². The first-order valence-electron chi connectivity index (χ1n) is 12.4. The largest absolute Gasteiger partial charge is 0.459 e. The zero-order valence-corrected chi connectivity index (χ0v) is 21.8. The summed E-state index contributed by atoms with van der Waals surface area (Å²) < 4.78 is 83.8. The van der Waals surface area contributed by atoms with Gasteiger partial charge in [-0.05, 0) is 39.5 Å². The maximum Gasteiger partial charge on any atom is 0.405 e. The molecule has 7 unspecified atom stereocenters. The van der Waals surface area contributed by atoms with Crippen LogP contribution in [0.2, 0.25) is 0 Å². The summed E-state index contributed by atoms with van der Waals surface area (Å²) in [7, 11) is -5.83. The van der Waals surface area contributed by atoms with Gasteiger partial charge >= 0.3 is 39.2 Å². The molecule has 3 heterocycles. The van der Waals surface area contributed by atoms with E-state index in [1.54, 1.807) is 0 Å². The first-order valence-corrected chi connectivity index (χ1v) is 13.8. The second-order valence-electron chi connectivity index (χ2n) is 10.6. The molecule has 1 aliphatic carbocycles. The maximum absolute atomic E-state index is 13.6. The molecule has 15 heteroatoms. The summed E-state index contributed by atoms with van der Waals surface area (Å²) in [5.41, 5.74) is -0.771. The van der Waals surface area contributed by atoms with Crippen LogP contribution >= 0.6 is 0 Å². The summed E-state index contributed by atoms with van der Waals surface area (Å²) in [6.07, 6.45) is -3.95. The van der Waals surface area contributed by atoms with Crippen molar-refractivity contribution in [1.29, 1.82) is 0 Å². The predicted octanol–water partition coefficient (Wildman–Crippen LogP) is 1.54. The van der Waals surface area contributed by atoms with Crippen molar-refractivity contribution in [3.05, 3.63) is 0 Å². The standard InChI is InChI=1S/C23H30F2O12S/c1-10(23(24,25)38(30,31)32)33-12(26)8-9-13(27)34-18-17-15(14-16(35-17)19(18)36-20(14)28)21(29)37-22(2,3)11-6-4-5-7-11/h10-11,14-19H,4-9H2,1-3H3,(H,30,31,32). The molecule has 38 heavy (non-hydrogen) atoms. The van der Waals surface area contributed by atoms with Crippen molar-refractivity contribution in [3.63, 3.8) is 0 Å². The molecule has 0 spiro atoms. The topological polar surface area (TPSA) is 169 Å². The normalized spacial score (nSPS) is 31.7. The predicted molar refractivity (Wildman–Crippen MR) is 119 cm³/mol. The molecule has 2 bridgehead atoms. The van der Waals surface area contributed by atoms with Crippen LogP contribution in [0.3, 0.4) is 0 Å². The van der Waals surface area contributed by atoms with Crippen LogP contribution in [0.25, 0.3) is 0 Å². The van der Waals surface area contributed by atoms with Gasteiger partial charge in [0.05, 0.1) is 12.8 Å². The average Bonchev–Trinajstić information content (AvgIpc) is 3.56. The molecular weight excluding hydrogens is 538 g/mol. The van der Waals surface area contributed by atoms with Crippen LogP contribution in [-0.2, 0) is 53.0 Å². The summed E-state index contributed by atoms with van der Waals surface area (Å²) in [6.45, 7) is 4.19. The highest BCUT2D eigenvalue weighted by Gasteiger charge is 2.72. The summed E-state index contributed by atoms with van der Waals surface area (Å²) >= 11 is 0. The Hall–Kier alpha value is -2.39. The molecule has 4 aliphatic rings. The fraction of sp³-hybridized carbons (Fsp3) is 0.826. The van der Waals surface area contributed by atoms with E-state index < -0.39 is 100 Å². The highest BCUT2D eigenvalue weighted by Crippen LogP contribution is 2.52. The van der Waals surface area contributed by atoms with Gasteiger partial charge in [-0.2, -0.15) is 17.2 Å².